The number of nitrogens with zero attached hydrogens (tertiary/aromatic N) is 4. The highest BCUT2D eigenvalue weighted by molar-refractivity contribution is 7.13. The van der Waals surface area contributed by atoms with Gasteiger partial charge in [0.25, 0.3) is 0 Å². The van der Waals surface area contributed by atoms with E-state index in [0.717, 1.165) is 43.3 Å². The molecule has 3 aromatic rings. The Morgan fingerprint density at radius 3 is 2.77 bits per heavy atom. The fraction of sp³-hybridized carbons (Fsp3) is 0.519. The number of hydrogen-bond acceptors (Lipinski definition) is 7. The Kier molecular flexibility index (Phi) is 7.91. The second kappa shape index (κ2) is 11.5. The quantitative estimate of drug-likeness (QED) is 0.496. The van der Waals surface area contributed by atoms with Crippen LogP contribution in [0.3, 0.4) is 0 Å². The zero-order valence-electron chi connectivity index (χ0n) is 20.5. The summed E-state index contributed by atoms with van der Waals surface area (Å²) >= 11 is 1.60. The lowest BCUT2D eigenvalue weighted by atomic mass is 9.97. The smallest absolute Gasteiger partial charge is 0.241 e. The minimum atomic E-state index is -0.0121. The first kappa shape index (κ1) is 24.2. The van der Waals surface area contributed by atoms with Crippen molar-refractivity contribution in [3.8, 4) is 10.7 Å². The van der Waals surface area contributed by atoms with E-state index in [9.17, 15) is 4.79 Å². The number of thiophene rings is 1. The van der Waals surface area contributed by atoms with E-state index in [-0.39, 0.29) is 11.8 Å². The summed E-state index contributed by atoms with van der Waals surface area (Å²) in [5.41, 5.74) is 2.50. The number of rotatable bonds is 8. The van der Waals surface area contributed by atoms with E-state index in [4.69, 9.17) is 4.52 Å². The lowest BCUT2D eigenvalue weighted by Crippen LogP contribution is -2.42. The Morgan fingerprint density at radius 1 is 1.09 bits per heavy atom. The van der Waals surface area contributed by atoms with Gasteiger partial charge in [0, 0.05) is 19.6 Å². The second-order valence-corrected chi connectivity index (χ2v) is 11.0. The number of aromatic nitrogens is 2. The Labute approximate surface area is 211 Å². The van der Waals surface area contributed by atoms with Crippen molar-refractivity contribution < 1.29 is 9.32 Å². The normalized spacial score (nSPS) is 20.2. The van der Waals surface area contributed by atoms with Crippen LogP contribution < -0.4 is 5.32 Å². The Hall–Kier alpha value is -2.55. The van der Waals surface area contributed by atoms with Gasteiger partial charge in [-0.05, 0) is 73.8 Å². The van der Waals surface area contributed by atoms with Gasteiger partial charge in [-0.3, -0.25) is 14.6 Å². The van der Waals surface area contributed by atoms with E-state index in [1.165, 1.54) is 37.1 Å². The summed E-state index contributed by atoms with van der Waals surface area (Å²) in [6, 6.07) is 12.6. The Bertz CT molecular complexity index is 1090. The van der Waals surface area contributed by atoms with Crippen LogP contribution >= 0.6 is 11.3 Å². The van der Waals surface area contributed by atoms with E-state index < -0.39 is 0 Å². The third-order valence-corrected chi connectivity index (χ3v) is 8.05. The predicted molar refractivity (Wildman–Crippen MR) is 138 cm³/mol. The summed E-state index contributed by atoms with van der Waals surface area (Å²) in [4.78, 5) is 23.3. The molecule has 1 amide bonds. The zero-order chi connectivity index (χ0) is 24.0. The minimum Gasteiger partial charge on any atom is -0.352 e. The summed E-state index contributed by atoms with van der Waals surface area (Å²) in [6.07, 6.45) is 4.49. The van der Waals surface area contributed by atoms with Gasteiger partial charge in [-0.2, -0.15) is 4.98 Å². The third kappa shape index (κ3) is 6.57. The molecule has 2 aliphatic heterocycles. The molecular formula is C27H35N5O2S. The van der Waals surface area contributed by atoms with E-state index >= 15 is 0 Å². The van der Waals surface area contributed by atoms with Crippen molar-refractivity contribution in [3.63, 3.8) is 0 Å². The lowest BCUT2D eigenvalue weighted by Gasteiger charge is -2.31. The van der Waals surface area contributed by atoms with Crippen LogP contribution in [0.25, 0.3) is 10.7 Å². The average Bonchev–Trinajstić information content (AvgIpc) is 3.57. The summed E-state index contributed by atoms with van der Waals surface area (Å²) < 4.78 is 5.46. The van der Waals surface area contributed by atoms with Crippen molar-refractivity contribution in [1.82, 2.24) is 25.3 Å². The molecule has 2 saturated heterocycles. The molecule has 1 atom stereocenters. The van der Waals surface area contributed by atoms with E-state index in [2.05, 4.69) is 56.4 Å². The van der Waals surface area contributed by atoms with Gasteiger partial charge >= 0.3 is 0 Å². The van der Waals surface area contributed by atoms with E-state index in [1.54, 1.807) is 11.3 Å². The van der Waals surface area contributed by atoms with Gasteiger partial charge in [0.15, 0.2) is 0 Å². The molecule has 7 nitrogen and oxygen atoms in total. The molecule has 5 rings (SSSR count). The summed E-state index contributed by atoms with van der Waals surface area (Å²) in [6.45, 7) is 8.52. The third-order valence-electron chi connectivity index (χ3n) is 7.19. The number of benzene rings is 1. The largest absolute Gasteiger partial charge is 0.352 e. The lowest BCUT2D eigenvalue weighted by molar-refractivity contribution is -0.127. The number of piperidine rings is 2. The summed E-state index contributed by atoms with van der Waals surface area (Å²) in [5, 5.41) is 9.29. The molecule has 2 fully saturated rings. The minimum absolute atomic E-state index is 0.0121. The predicted octanol–water partition coefficient (Wildman–Crippen LogP) is 4.56. The van der Waals surface area contributed by atoms with Crippen molar-refractivity contribution in [2.45, 2.75) is 52.2 Å². The first-order valence-corrected chi connectivity index (χ1v) is 13.7. The topological polar surface area (TPSA) is 74.5 Å². The first-order chi connectivity index (χ1) is 17.1. The van der Waals surface area contributed by atoms with Gasteiger partial charge in [0.05, 0.1) is 17.3 Å². The molecule has 186 valence electrons. The van der Waals surface area contributed by atoms with Crippen LogP contribution in [-0.4, -0.2) is 52.0 Å². The van der Waals surface area contributed by atoms with Crippen LogP contribution in [-0.2, 0) is 24.4 Å². The molecule has 2 aliphatic rings. The molecule has 0 saturated carbocycles. The number of hydrogen-bond donors (Lipinski definition) is 1. The monoisotopic (exact) mass is 493 g/mol. The van der Waals surface area contributed by atoms with Gasteiger partial charge < -0.3 is 9.84 Å². The van der Waals surface area contributed by atoms with Gasteiger partial charge in [0.2, 0.25) is 17.6 Å². The maximum absolute atomic E-state index is 13.0. The van der Waals surface area contributed by atoms with Crippen LogP contribution in [0.15, 0.2) is 46.3 Å². The van der Waals surface area contributed by atoms with Crippen LogP contribution in [0.1, 0.15) is 49.6 Å². The number of carbonyl (C=O) groups is 1. The molecule has 35 heavy (non-hydrogen) atoms. The van der Waals surface area contributed by atoms with Gasteiger partial charge in [-0.1, -0.05) is 42.4 Å². The van der Waals surface area contributed by atoms with Crippen LogP contribution in [0.5, 0.6) is 0 Å². The number of likely N-dealkylation sites (tertiary alicyclic amines) is 2. The SMILES string of the molecule is CC1CCN(Cc2cccc(CNC(=O)C3CCCN(Cc4nc(-c5cccs5)no4)C3)c2)CC1. The van der Waals surface area contributed by atoms with Crippen molar-refractivity contribution in [2.24, 2.45) is 11.8 Å². The molecule has 0 aliphatic carbocycles. The zero-order valence-corrected chi connectivity index (χ0v) is 21.3. The highest BCUT2D eigenvalue weighted by Gasteiger charge is 2.27. The highest BCUT2D eigenvalue weighted by atomic mass is 32.1. The molecule has 1 unspecified atom stereocenters. The highest BCUT2D eigenvalue weighted by Crippen LogP contribution is 2.23. The van der Waals surface area contributed by atoms with Crippen molar-refractivity contribution in [2.75, 3.05) is 26.2 Å². The van der Waals surface area contributed by atoms with Crippen molar-refractivity contribution in [3.05, 3.63) is 58.8 Å². The first-order valence-electron chi connectivity index (χ1n) is 12.8. The number of amides is 1. The maximum atomic E-state index is 13.0. The summed E-state index contributed by atoms with van der Waals surface area (Å²) in [5.74, 6) is 2.21. The molecule has 2 aromatic heterocycles. The molecule has 1 aromatic carbocycles. The van der Waals surface area contributed by atoms with Gasteiger partial charge in [0.1, 0.15) is 0 Å². The molecular weight excluding hydrogens is 458 g/mol. The average molecular weight is 494 g/mol. The fourth-order valence-corrected chi connectivity index (χ4v) is 5.73. The number of nitrogens with one attached hydrogen (secondary N) is 1. The molecule has 0 bridgehead atoms. The van der Waals surface area contributed by atoms with E-state index in [1.807, 2.05) is 17.5 Å². The van der Waals surface area contributed by atoms with Crippen LogP contribution in [0.2, 0.25) is 0 Å². The maximum Gasteiger partial charge on any atom is 0.241 e. The molecule has 0 radical (unpaired) electrons. The van der Waals surface area contributed by atoms with Crippen molar-refractivity contribution >= 4 is 17.2 Å². The molecule has 0 spiro atoms. The number of carbonyl (C=O) groups excluding carboxylic acids is 1. The van der Waals surface area contributed by atoms with Crippen molar-refractivity contribution in [1.29, 1.82) is 0 Å². The Balaban J connectivity index is 1.10. The van der Waals surface area contributed by atoms with Crippen LogP contribution in [0, 0.1) is 11.8 Å². The van der Waals surface area contributed by atoms with Gasteiger partial charge in [-0.15, -0.1) is 11.3 Å². The van der Waals surface area contributed by atoms with E-state index in [0.29, 0.717) is 24.8 Å². The summed E-state index contributed by atoms with van der Waals surface area (Å²) in [7, 11) is 0. The van der Waals surface area contributed by atoms with Crippen LogP contribution in [0.4, 0.5) is 0 Å². The molecule has 4 heterocycles. The standard InChI is InChI=1S/C27H35N5O2S/c1-20-9-12-31(13-10-20)17-22-6-2-5-21(15-22)16-28-27(33)23-7-3-11-32(18-23)19-25-29-26(30-34-25)24-8-4-14-35-24/h2,4-6,8,14-15,20,23H,3,7,9-13,16-19H2,1H3,(H,28,33). The molecule has 1 N–H and O–H groups in total. The Morgan fingerprint density at radius 2 is 1.94 bits per heavy atom. The van der Waals surface area contributed by atoms with Gasteiger partial charge in [-0.25, -0.2) is 0 Å². The molecule has 8 heteroatoms. The fourth-order valence-electron chi connectivity index (χ4n) is 5.08. The second-order valence-electron chi connectivity index (χ2n) is 10.1.